The van der Waals surface area contributed by atoms with Gasteiger partial charge < -0.3 is 4.90 Å². The SMILES string of the molecule is CCCCn1c(SCC(=O)N(C)C2CCCCC2)nc2ccsc2c1=O. The van der Waals surface area contributed by atoms with Crippen LogP contribution in [0.15, 0.2) is 21.4 Å². The van der Waals surface area contributed by atoms with Gasteiger partial charge in [0.2, 0.25) is 5.91 Å². The van der Waals surface area contributed by atoms with Crippen LogP contribution in [0.4, 0.5) is 0 Å². The third-order valence-corrected chi connectivity index (χ3v) is 6.96. The summed E-state index contributed by atoms with van der Waals surface area (Å²) in [5.74, 6) is 0.463. The van der Waals surface area contributed by atoms with Crippen LogP contribution in [0, 0.1) is 0 Å². The molecule has 0 saturated heterocycles. The standard InChI is InChI=1S/C19H27N3O2S2/c1-3-4-11-22-18(24)17-15(10-12-25-17)20-19(22)26-13-16(23)21(2)14-8-6-5-7-9-14/h10,12,14H,3-9,11,13H2,1-2H3. The van der Waals surface area contributed by atoms with Crippen LogP contribution in [0.5, 0.6) is 0 Å². The first-order chi connectivity index (χ1) is 12.6. The molecule has 1 aliphatic carbocycles. The van der Waals surface area contributed by atoms with Crippen LogP contribution in [-0.4, -0.2) is 39.2 Å². The number of fused-ring (bicyclic) bond motifs is 1. The fraction of sp³-hybridized carbons (Fsp3) is 0.632. The zero-order valence-electron chi connectivity index (χ0n) is 15.6. The van der Waals surface area contributed by atoms with Crippen LogP contribution in [0.3, 0.4) is 0 Å². The topological polar surface area (TPSA) is 55.2 Å². The van der Waals surface area contributed by atoms with E-state index in [2.05, 4.69) is 11.9 Å². The number of thiophene rings is 1. The lowest BCUT2D eigenvalue weighted by Gasteiger charge is -2.31. The number of carbonyl (C=O) groups is 1. The molecular weight excluding hydrogens is 366 g/mol. The fourth-order valence-electron chi connectivity index (χ4n) is 3.45. The Morgan fingerprint density at radius 1 is 1.38 bits per heavy atom. The van der Waals surface area contributed by atoms with Gasteiger partial charge in [0.05, 0.1) is 11.3 Å². The molecule has 0 aromatic carbocycles. The van der Waals surface area contributed by atoms with E-state index >= 15 is 0 Å². The lowest BCUT2D eigenvalue weighted by molar-refractivity contribution is -0.129. The van der Waals surface area contributed by atoms with Gasteiger partial charge in [-0.3, -0.25) is 14.2 Å². The van der Waals surface area contributed by atoms with Crippen molar-refractivity contribution < 1.29 is 4.79 Å². The summed E-state index contributed by atoms with van der Waals surface area (Å²) in [7, 11) is 1.92. The molecule has 142 valence electrons. The molecule has 0 spiro atoms. The molecule has 1 saturated carbocycles. The Labute approximate surface area is 162 Å². The smallest absolute Gasteiger partial charge is 0.272 e. The maximum atomic E-state index is 12.8. The first-order valence-electron chi connectivity index (χ1n) is 9.48. The molecule has 2 aromatic heterocycles. The number of carbonyl (C=O) groups excluding carboxylic acids is 1. The molecule has 26 heavy (non-hydrogen) atoms. The first kappa shape index (κ1) is 19.4. The number of amides is 1. The molecule has 1 aliphatic rings. The molecule has 7 heteroatoms. The Morgan fingerprint density at radius 2 is 2.15 bits per heavy atom. The van der Waals surface area contributed by atoms with E-state index in [1.807, 2.05) is 23.4 Å². The van der Waals surface area contributed by atoms with Gasteiger partial charge in [0.15, 0.2) is 5.16 Å². The van der Waals surface area contributed by atoms with Crippen molar-refractivity contribution in [3.05, 3.63) is 21.8 Å². The second kappa shape index (κ2) is 9.04. The number of unbranched alkanes of at least 4 members (excludes halogenated alkanes) is 1. The molecule has 0 N–H and O–H groups in total. The van der Waals surface area contributed by atoms with E-state index in [0.717, 1.165) is 31.2 Å². The summed E-state index contributed by atoms with van der Waals surface area (Å²) in [6.45, 7) is 2.77. The number of hydrogen-bond acceptors (Lipinski definition) is 5. The highest BCUT2D eigenvalue weighted by molar-refractivity contribution is 7.99. The molecule has 5 nitrogen and oxygen atoms in total. The molecule has 1 amide bonds. The third-order valence-electron chi connectivity index (χ3n) is 5.11. The molecule has 0 atom stereocenters. The highest BCUT2D eigenvalue weighted by Crippen LogP contribution is 2.24. The van der Waals surface area contributed by atoms with Crippen molar-refractivity contribution in [1.82, 2.24) is 14.5 Å². The molecule has 0 bridgehead atoms. The van der Waals surface area contributed by atoms with E-state index in [-0.39, 0.29) is 11.5 Å². The minimum atomic E-state index is 0.0223. The van der Waals surface area contributed by atoms with Gasteiger partial charge in [0.1, 0.15) is 4.70 Å². The molecule has 3 rings (SSSR count). The van der Waals surface area contributed by atoms with Gasteiger partial charge in [-0.05, 0) is 30.7 Å². The van der Waals surface area contributed by atoms with Gasteiger partial charge in [0, 0.05) is 19.6 Å². The summed E-state index contributed by atoms with van der Waals surface area (Å²) in [5.41, 5.74) is 0.761. The fourth-order valence-corrected chi connectivity index (χ4v) is 5.17. The number of hydrogen-bond donors (Lipinski definition) is 0. The molecule has 0 unspecified atom stereocenters. The van der Waals surface area contributed by atoms with E-state index in [4.69, 9.17) is 0 Å². The normalized spacial score (nSPS) is 15.5. The van der Waals surface area contributed by atoms with Crippen molar-refractivity contribution in [2.24, 2.45) is 0 Å². The second-order valence-corrected chi connectivity index (χ2v) is 8.78. The summed E-state index contributed by atoms with van der Waals surface area (Å²) in [6, 6.07) is 2.25. The third kappa shape index (κ3) is 4.31. The van der Waals surface area contributed by atoms with E-state index in [1.165, 1.54) is 42.4 Å². The van der Waals surface area contributed by atoms with Gasteiger partial charge in [-0.2, -0.15) is 0 Å². The van der Waals surface area contributed by atoms with Crippen LogP contribution in [-0.2, 0) is 11.3 Å². The minimum Gasteiger partial charge on any atom is -0.342 e. The van der Waals surface area contributed by atoms with Crippen molar-refractivity contribution in [1.29, 1.82) is 0 Å². The zero-order valence-corrected chi connectivity index (χ0v) is 17.2. The Kier molecular flexibility index (Phi) is 6.75. The van der Waals surface area contributed by atoms with E-state index in [9.17, 15) is 9.59 Å². The predicted molar refractivity (Wildman–Crippen MR) is 109 cm³/mol. The number of rotatable bonds is 7. The molecule has 0 radical (unpaired) electrons. The van der Waals surface area contributed by atoms with Crippen molar-refractivity contribution in [3.8, 4) is 0 Å². The van der Waals surface area contributed by atoms with Crippen LogP contribution >= 0.6 is 23.1 Å². The first-order valence-corrected chi connectivity index (χ1v) is 11.3. The predicted octanol–water partition coefficient (Wildman–Crippen LogP) is 4.14. The van der Waals surface area contributed by atoms with Gasteiger partial charge >= 0.3 is 0 Å². The molecular formula is C19H27N3O2S2. The van der Waals surface area contributed by atoms with Crippen LogP contribution < -0.4 is 5.56 Å². The summed E-state index contributed by atoms with van der Waals surface area (Å²) in [5, 5.41) is 2.57. The Balaban J connectivity index is 1.74. The second-order valence-electron chi connectivity index (χ2n) is 6.92. The average Bonchev–Trinajstić information content (AvgIpc) is 3.14. The molecule has 2 aromatic rings. The Hall–Kier alpha value is -1.34. The maximum absolute atomic E-state index is 12.8. The summed E-state index contributed by atoms with van der Waals surface area (Å²) in [6.07, 6.45) is 7.86. The summed E-state index contributed by atoms with van der Waals surface area (Å²) >= 11 is 2.83. The number of thioether (sulfide) groups is 1. The monoisotopic (exact) mass is 393 g/mol. The van der Waals surface area contributed by atoms with E-state index in [1.54, 1.807) is 4.57 Å². The average molecular weight is 394 g/mol. The minimum absolute atomic E-state index is 0.0223. The van der Waals surface area contributed by atoms with Crippen LogP contribution in [0.25, 0.3) is 10.2 Å². The highest BCUT2D eigenvalue weighted by atomic mass is 32.2. The lowest BCUT2D eigenvalue weighted by Crippen LogP contribution is -2.39. The lowest BCUT2D eigenvalue weighted by atomic mass is 9.94. The number of aromatic nitrogens is 2. The van der Waals surface area contributed by atoms with Gasteiger partial charge in [0.25, 0.3) is 5.56 Å². The van der Waals surface area contributed by atoms with E-state index in [0.29, 0.717) is 28.2 Å². The maximum Gasteiger partial charge on any atom is 0.272 e. The van der Waals surface area contributed by atoms with Crippen molar-refractivity contribution in [2.75, 3.05) is 12.8 Å². The molecule has 0 aliphatic heterocycles. The van der Waals surface area contributed by atoms with Crippen molar-refractivity contribution in [3.63, 3.8) is 0 Å². The van der Waals surface area contributed by atoms with Crippen molar-refractivity contribution in [2.45, 2.75) is 69.6 Å². The highest BCUT2D eigenvalue weighted by Gasteiger charge is 2.22. The molecule has 2 heterocycles. The Morgan fingerprint density at radius 3 is 2.88 bits per heavy atom. The van der Waals surface area contributed by atoms with Gasteiger partial charge in [-0.15, -0.1) is 11.3 Å². The summed E-state index contributed by atoms with van der Waals surface area (Å²) in [4.78, 5) is 32.0. The van der Waals surface area contributed by atoms with Gasteiger partial charge in [-0.1, -0.05) is 44.4 Å². The zero-order chi connectivity index (χ0) is 18.5. The van der Waals surface area contributed by atoms with E-state index < -0.39 is 0 Å². The van der Waals surface area contributed by atoms with Crippen LogP contribution in [0.2, 0.25) is 0 Å². The van der Waals surface area contributed by atoms with Crippen LogP contribution in [0.1, 0.15) is 51.9 Å². The Bertz CT molecular complexity index is 809. The quantitative estimate of drug-likeness (QED) is 0.524. The van der Waals surface area contributed by atoms with Gasteiger partial charge in [-0.25, -0.2) is 4.98 Å². The molecule has 1 fully saturated rings. The summed E-state index contributed by atoms with van der Waals surface area (Å²) < 4.78 is 2.46. The van der Waals surface area contributed by atoms with Crippen molar-refractivity contribution >= 4 is 39.2 Å². The largest absolute Gasteiger partial charge is 0.342 e. The number of nitrogens with zero attached hydrogens (tertiary/aromatic N) is 3.